The second-order valence-electron chi connectivity index (χ2n) is 7.19. The summed E-state index contributed by atoms with van der Waals surface area (Å²) in [5.41, 5.74) is -1.04. The molecule has 3 rings (SSSR count). The Kier molecular flexibility index (Phi) is 5.81. The molecule has 1 aromatic carbocycles. The Hall–Kier alpha value is -1.61. The molecule has 1 amide bonds. The SMILES string of the molecule is O=C(CNS(=O)(=O)c1cccc(C(F)(F)F)c1)N1CCC[C@H]1C1CCCC1. The van der Waals surface area contributed by atoms with Crippen LogP contribution in [-0.2, 0) is 21.0 Å². The van der Waals surface area contributed by atoms with Gasteiger partial charge in [-0.15, -0.1) is 0 Å². The molecule has 1 saturated carbocycles. The fraction of sp³-hybridized carbons (Fsp3) is 0.611. The van der Waals surface area contributed by atoms with E-state index in [1.807, 2.05) is 0 Å². The van der Waals surface area contributed by atoms with Gasteiger partial charge in [-0.3, -0.25) is 4.79 Å². The van der Waals surface area contributed by atoms with E-state index in [1.165, 1.54) is 0 Å². The Balaban J connectivity index is 1.65. The molecule has 0 unspecified atom stereocenters. The van der Waals surface area contributed by atoms with Gasteiger partial charge in [0.15, 0.2) is 0 Å². The van der Waals surface area contributed by atoms with E-state index in [-0.39, 0.29) is 11.9 Å². The van der Waals surface area contributed by atoms with E-state index in [2.05, 4.69) is 4.72 Å². The minimum Gasteiger partial charge on any atom is -0.338 e. The van der Waals surface area contributed by atoms with E-state index in [4.69, 9.17) is 0 Å². The van der Waals surface area contributed by atoms with Gasteiger partial charge in [-0.2, -0.15) is 13.2 Å². The standard InChI is InChI=1S/C18H23F3N2O3S/c19-18(20,21)14-7-3-8-15(11-14)27(25,26)22-12-17(24)23-10-4-9-16(23)13-5-1-2-6-13/h3,7-8,11,13,16,22H,1-2,4-6,9-10,12H2/t16-/m0/s1. The quantitative estimate of drug-likeness (QED) is 0.820. The fourth-order valence-electron chi connectivity index (χ4n) is 4.12. The van der Waals surface area contributed by atoms with Crippen molar-refractivity contribution in [1.29, 1.82) is 0 Å². The molecule has 1 atom stereocenters. The molecule has 2 fully saturated rings. The summed E-state index contributed by atoms with van der Waals surface area (Å²) in [7, 11) is -4.20. The lowest BCUT2D eigenvalue weighted by molar-refractivity contribution is -0.137. The second-order valence-corrected chi connectivity index (χ2v) is 8.96. The molecule has 0 aromatic heterocycles. The summed E-state index contributed by atoms with van der Waals surface area (Å²) in [4.78, 5) is 13.8. The maximum absolute atomic E-state index is 12.8. The van der Waals surface area contributed by atoms with E-state index in [1.54, 1.807) is 4.90 Å². The molecule has 0 bridgehead atoms. The third-order valence-electron chi connectivity index (χ3n) is 5.45. The number of hydrogen-bond acceptors (Lipinski definition) is 3. The van der Waals surface area contributed by atoms with Crippen LogP contribution in [0.2, 0.25) is 0 Å². The molecular formula is C18H23F3N2O3S. The second kappa shape index (κ2) is 7.79. The molecule has 1 aliphatic carbocycles. The predicted molar refractivity (Wildman–Crippen MR) is 93.3 cm³/mol. The number of amides is 1. The number of likely N-dealkylation sites (tertiary alicyclic amines) is 1. The number of carbonyl (C=O) groups excluding carboxylic acids is 1. The Morgan fingerprint density at radius 3 is 2.52 bits per heavy atom. The number of benzene rings is 1. The van der Waals surface area contributed by atoms with Crippen LogP contribution >= 0.6 is 0 Å². The van der Waals surface area contributed by atoms with Crippen molar-refractivity contribution in [3.05, 3.63) is 29.8 Å². The summed E-state index contributed by atoms with van der Waals surface area (Å²) in [6, 6.07) is 3.65. The van der Waals surface area contributed by atoms with Gasteiger partial charge in [-0.05, 0) is 49.8 Å². The van der Waals surface area contributed by atoms with Gasteiger partial charge in [0, 0.05) is 12.6 Å². The highest BCUT2D eigenvalue weighted by Crippen LogP contribution is 2.35. The van der Waals surface area contributed by atoms with Crippen LogP contribution < -0.4 is 4.72 Å². The van der Waals surface area contributed by atoms with Crippen LogP contribution in [0.4, 0.5) is 13.2 Å². The van der Waals surface area contributed by atoms with Crippen molar-refractivity contribution < 1.29 is 26.4 Å². The molecule has 0 spiro atoms. The molecule has 9 heteroatoms. The van der Waals surface area contributed by atoms with Crippen LogP contribution in [0.25, 0.3) is 0 Å². The van der Waals surface area contributed by atoms with Crippen molar-refractivity contribution in [2.75, 3.05) is 13.1 Å². The first kappa shape index (κ1) is 20.1. The molecule has 1 heterocycles. The number of nitrogens with zero attached hydrogens (tertiary/aromatic N) is 1. The zero-order chi connectivity index (χ0) is 19.7. The number of carbonyl (C=O) groups is 1. The molecule has 27 heavy (non-hydrogen) atoms. The molecule has 0 radical (unpaired) electrons. The van der Waals surface area contributed by atoms with Crippen molar-refractivity contribution in [2.45, 2.75) is 55.6 Å². The summed E-state index contributed by atoms with van der Waals surface area (Å²) >= 11 is 0. The zero-order valence-electron chi connectivity index (χ0n) is 14.8. The van der Waals surface area contributed by atoms with Gasteiger partial charge in [-0.1, -0.05) is 18.9 Å². The normalized spacial score (nSPS) is 21.7. The van der Waals surface area contributed by atoms with Gasteiger partial charge in [0.05, 0.1) is 17.0 Å². The van der Waals surface area contributed by atoms with Crippen molar-refractivity contribution in [3.8, 4) is 0 Å². The van der Waals surface area contributed by atoms with Crippen molar-refractivity contribution in [1.82, 2.24) is 9.62 Å². The molecule has 1 aromatic rings. The Bertz CT molecular complexity index is 789. The number of hydrogen-bond donors (Lipinski definition) is 1. The summed E-state index contributed by atoms with van der Waals surface area (Å²) in [5.74, 6) is 0.150. The minimum atomic E-state index is -4.63. The molecule has 2 aliphatic rings. The van der Waals surface area contributed by atoms with Gasteiger partial charge < -0.3 is 4.90 Å². The van der Waals surface area contributed by atoms with Crippen LogP contribution in [0.15, 0.2) is 29.2 Å². The first-order chi connectivity index (χ1) is 12.7. The zero-order valence-corrected chi connectivity index (χ0v) is 15.7. The van der Waals surface area contributed by atoms with E-state index in [9.17, 15) is 26.4 Å². The summed E-state index contributed by atoms with van der Waals surface area (Å²) in [6.07, 6.45) is 1.68. The monoisotopic (exact) mass is 404 g/mol. The first-order valence-electron chi connectivity index (χ1n) is 9.15. The van der Waals surface area contributed by atoms with E-state index in [0.29, 0.717) is 18.5 Å². The van der Waals surface area contributed by atoms with Crippen LogP contribution in [-0.4, -0.2) is 38.4 Å². The third-order valence-corrected chi connectivity index (χ3v) is 6.85. The molecule has 150 valence electrons. The van der Waals surface area contributed by atoms with E-state index < -0.39 is 33.2 Å². The molecule has 1 aliphatic heterocycles. The Labute approximate surface area is 157 Å². The maximum atomic E-state index is 12.8. The number of nitrogens with one attached hydrogen (secondary N) is 1. The average molecular weight is 404 g/mol. The van der Waals surface area contributed by atoms with Crippen molar-refractivity contribution >= 4 is 15.9 Å². The molecule has 1 saturated heterocycles. The highest BCUT2D eigenvalue weighted by molar-refractivity contribution is 7.89. The van der Waals surface area contributed by atoms with Crippen LogP contribution in [0, 0.1) is 5.92 Å². The average Bonchev–Trinajstić information content (AvgIpc) is 3.30. The number of alkyl halides is 3. The lowest BCUT2D eigenvalue weighted by atomic mass is 9.96. The van der Waals surface area contributed by atoms with Crippen LogP contribution in [0.1, 0.15) is 44.1 Å². The third kappa shape index (κ3) is 4.63. The van der Waals surface area contributed by atoms with Gasteiger partial charge >= 0.3 is 6.18 Å². The minimum absolute atomic E-state index is 0.151. The Morgan fingerprint density at radius 1 is 1.15 bits per heavy atom. The predicted octanol–water partition coefficient (Wildman–Crippen LogP) is 3.16. The molecule has 1 N–H and O–H groups in total. The highest BCUT2D eigenvalue weighted by Gasteiger charge is 2.36. The van der Waals surface area contributed by atoms with Gasteiger partial charge in [-0.25, -0.2) is 13.1 Å². The molecular weight excluding hydrogens is 381 g/mol. The van der Waals surface area contributed by atoms with Gasteiger partial charge in [0.2, 0.25) is 15.9 Å². The fourth-order valence-corrected chi connectivity index (χ4v) is 5.14. The van der Waals surface area contributed by atoms with E-state index >= 15 is 0 Å². The van der Waals surface area contributed by atoms with Crippen molar-refractivity contribution in [3.63, 3.8) is 0 Å². The maximum Gasteiger partial charge on any atom is 0.416 e. The number of sulfonamides is 1. The van der Waals surface area contributed by atoms with E-state index in [0.717, 1.165) is 56.7 Å². The van der Waals surface area contributed by atoms with Crippen molar-refractivity contribution in [2.24, 2.45) is 5.92 Å². The summed E-state index contributed by atoms with van der Waals surface area (Å²) < 4.78 is 65.2. The smallest absolute Gasteiger partial charge is 0.338 e. The Morgan fingerprint density at radius 2 is 1.85 bits per heavy atom. The largest absolute Gasteiger partial charge is 0.416 e. The highest BCUT2D eigenvalue weighted by atomic mass is 32.2. The first-order valence-corrected chi connectivity index (χ1v) is 10.6. The summed E-state index contributed by atoms with van der Waals surface area (Å²) in [6.45, 7) is 0.160. The van der Waals surface area contributed by atoms with Gasteiger partial charge in [0.1, 0.15) is 0 Å². The lowest BCUT2D eigenvalue weighted by Gasteiger charge is -2.29. The topological polar surface area (TPSA) is 66.5 Å². The van der Waals surface area contributed by atoms with Gasteiger partial charge in [0.25, 0.3) is 0 Å². The number of halogens is 3. The van der Waals surface area contributed by atoms with Crippen LogP contribution in [0.3, 0.4) is 0 Å². The number of rotatable bonds is 5. The lowest BCUT2D eigenvalue weighted by Crippen LogP contribution is -2.44. The summed E-state index contributed by atoms with van der Waals surface area (Å²) in [5, 5.41) is 0. The molecule has 5 nitrogen and oxygen atoms in total. The van der Waals surface area contributed by atoms with Crippen LogP contribution in [0.5, 0.6) is 0 Å².